The molecule has 0 bridgehead atoms. The van der Waals surface area contributed by atoms with E-state index in [9.17, 15) is 19.2 Å². The van der Waals surface area contributed by atoms with Gasteiger partial charge in [-0.2, -0.15) is 0 Å². The maximum absolute atomic E-state index is 13.4. The number of fused-ring (bicyclic) bond motifs is 1. The number of carbonyl (C=O) groups is 4. The highest BCUT2D eigenvalue weighted by atomic mass is 16.5. The molecule has 3 rings (SSSR count). The Morgan fingerprint density at radius 1 is 1.08 bits per heavy atom. The van der Waals surface area contributed by atoms with E-state index in [0.717, 1.165) is 35.6 Å². The van der Waals surface area contributed by atoms with E-state index in [4.69, 9.17) is 10.5 Å². The number of esters is 1. The lowest BCUT2D eigenvalue weighted by Gasteiger charge is -2.29. The molecular formula is C29H40N4O5. The van der Waals surface area contributed by atoms with Crippen molar-refractivity contribution in [1.82, 2.24) is 15.5 Å². The number of nitrogens with zero attached hydrogens (tertiary/aromatic N) is 1. The maximum atomic E-state index is 13.4. The first-order valence-electron chi connectivity index (χ1n) is 13.5. The van der Waals surface area contributed by atoms with E-state index < -0.39 is 30.1 Å². The minimum absolute atomic E-state index is 0.00431. The first kappa shape index (κ1) is 29.1. The molecule has 0 aromatic heterocycles. The van der Waals surface area contributed by atoms with Crippen molar-refractivity contribution in [3.63, 3.8) is 0 Å². The highest BCUT2D eigenvalue weighted by Gasteiger charge is 2.37. The van der Waals surface area contributed by atoms with Gasteiger partial charge in [0.25, 0.3) is 0 Å². The Labute approximate surface area is 224 Å². The van der Waals surface area contributed by atoms with Crippen molar-refractivity contribution in [2.24, 2.45) is 11.7 Å². The largest absolute Gasteiger partial charge is 0.459 e. The van der Waals surface area contributed by atoms with E-state index in [1.165, 1.54) is 6.92 Å². The standard InChI is InChI=1S/C29H40N4O5/c1-4-21(5-2)29(37)33-14-8-11-26(33)28(36)32-25(27(35)31-18-24(17-30)38-19(3)34)16-20-12-13-22-9-6-7-10-23(22)15-20/h6-7,9-10,12-13,15,21,24-26H,4-5,8,11,14,16-18,30H2,1-3H3,(H,31,35)(H,32,36)/t24?,25-,26?/m1/s1. The molecule has 1 aliphatic rings. The zero-order valence-corrected chi connectivity index (χ0v) is 22.6. The second-order valence-corrected chi connectivity index (χ2v) is 9.86. The Bertz CT molecular complexity index is 1130. The van der Waals surface area contributed by atoms with Gasteiger partial charge < -0.3 is 26.0 Å². The van der Waals surface area contributed by atoms with Crippen LogP contribution in [0.15, 0.2) is 42.5 Å². The Kier molecular flexibility index (Phi) is 10.6. The molecular weight excluding hydrogens is 484 g/mol. The molecule has 2 aromatic rings. The summed E-state index contributed by atoms with van der Waals surface area (Å²) in [5, 5.41) is 7.80. The summed E-state index contributed by atoms with van der Waals surface area (Å²) in [4.78, 5) is 52.8. The zero-order chi connectivity index (χ0) is 27.7. The Hall–Kier alpha value is -3.46. The average molecular weight is 525 g/mol. The van der Waals surface area contributed by atoms with Crippen LogP contribution in [0.25, 0.3) is 10.8 Å². The fourth-order valence-electron chi connectivity index (χ4n) is 5.00. The highest BCUT2D eigenvalue weighted by molar-refractivity contribution is 5.93. The molecule has 38 heavy (non-hydrogen) atoms. The summed E-state index contributed by atoms with van der Waals surface area (Å²) in [7, 11) is 0. The van der Waals surface area contributed by atoms with E-state index in [1.807, 2.05) is 56.3 Å². The van der Waals surface area contributed by atoms with Gasteiger partial charge in [0, 0.05) is 32.4 Å². The second-order valence-electron chi connectivity index (χ2n) is 9.86. The van der Waals surface area contributed by atoms with E-state index in [2.05, 4.69) is 10.6 Å². The summed E-state index contributed by atoms with van der Waals surface area (Å²) in [5.74, 6) is -1.35. The second kappa shape index (κ2) is 13.9. The van der Waals surface area contributed by atoms with Gasteiger partial charge in [-0.05, 0) is 42.0 Å². The molecule has 1 heterocycles. The summed E-state index contributed by atoms with van der Waals surface area (Å²) in [5.41, 5.74) is 6.56. The van der Waals surface area contributed by atoms with Gasteiger partial charge in [0.15, 0.2) is 0 Å². The molecule has 3 atom stereocenters. The lowest BCUT2D eigenvalue weighted by atomic mass is 10.00. The van der Waals surface area contributed by atoms with Crippen LogP contribution in [0.3, 0.4) is 0 Å². The van der Waals surface area contributed by atoms with Crippen LogP contribution in [0.1, 0.15) is 52.0 Å². The summed E-state index contributed by atoms with van der Waals surface area (Å²) >= 11 is 0. The molecule has 2 unspecified atom stereocenters. The molecule has 0 saturated carbocycles. The van der Waals surface area contributed by atoms with Crippen LogP contribution in [-0.2, 0) is 30.3 Å². The van der Waals surface area contributed by atoms with Crippen LogP contribution >= 0.6 is 0 Å². The molecule has 0 radical (unpaired) electrons. The number of rotatable bonds is 12. The van der Waals surface area contributed by atoms with Crippen molar-refractivity contribution in [2.75, 3.05) is 19.6 Å². The van der Waals surface area contributed by atoms with E-state index in [1.54, 1.807) is 4.90 Å². The van der Waals surface area contributed by atoms with Crippen molar-refractivity contribution in [1.29, 1.82) is 0 Å². The minimum Gasteiger partial charge on any atom is -0.459 e. The maximum Gasteiger partial charge on any atom is 0.303 e. The van der Waals surface area contributed by atoms with Crippen molar-refractivity contribution < 1.29 is 23.9 Å². The number of ether oxygens (including phenoxy) is 1. The van der Waals surface area contributed by atoms with Gasteiger partial charge >= 0.3 is 5.97 Å². The van der Waals surface area contributed by atoms with Crippen LogP contribution in [0, 0.1) is 5.92 Å². The van der Waals surface area contributed by atoms with Gasteiger partial charge in [0.2, 0.25) is 17.7 Å². The third kappa shape index (κ3) is 7.54. The van der Waals surface area contributed by atoms with Crippen LogP contribution in [0.4, 0.5) is 0 Å². The number of nitrogens with two attached hydrogens (primary N) is 1. The molecule has 3 amide bonds. The Morgan fingerprint density at radius 3 is 2.45 bits per heavy atom. The average Bonchev–Trinajstić information content (AvgIpc) is 3.41. The van der Waals surface area contributed by atoms with Crippen LogP contribution in [-0.4, -0.2) is 66.4 Å². The molecule has 4 N–H and O–H groups in total. The van der Waals surface area contributed by atoms with Crippen molar-refractivity contribution in [3.8, 4) is 0 Å². The minimum atomic E-state index is -0.884. The lowest BCUT2D eigenvalue weighted by Crippen LogP contribution is -2.55. The fraction of sp³-hybridized carbons (Fsp3) is 0.517. The SMILES string of the molecule is CCC(CC)C(=O)N1CCCC1C(=O)N[C@H](Cc1ccc2ccccc2c1)C(=O)NCC(CN)OC(C)=O. The van der Waals surface area contributed by atoms with E-state index in [-0.39, 0.29) is 37.2 Å². The number of hydrogen-bond donors (Lipinski definition) is 3. The quantitative estimate of drug-likeness (QED) is 0.365. The zero-order valence-electron chi connectivity index (χ0n) is 22.6. The predicted molar refractivity (Wildman–Crippen MR) is 146 cm³/mol. The van der Waals surface area contributed by atoms with Gasteiger partial charge in [-0.25, -0.2) is 0 Å². The summed E-state index contributed by atoms with van der Waals surface area (Å²) < 4.78 is 5.13. The number of benzene rings is 2. The van der Waals surface area contributed by atoms with Gasteiger partial charge in [-0.1, -0.05) is 56.3 Å². The molecule has 206 valence electrons. The molecule has 1 fully saturated rings. The number of likely N-dealkylation sites (tertiary alicyclic amines) is 1. The predicted octanol–water partition coefficient (Wildman–Crippen LogP) is 2.30. The van der Waals surface area contributed by atoms with E-state index >= 15 is 0 Å². The molecule has 1 aliphatic heterocycles. The lowest BCUT2D eigenvalue weighted by molar-refractivity contribution is -0.146. The fourth-order valence-corrected chi connectivity index (χ4v) is 5.00. The van der Waals surface area contributed by atoms with Crippen molar-refractivity contribution in [2.45, 2.75) is 71.1 Å². The van der Waals surface area contributed by atoms with Gasteiger partial charge in [0.05, 0.1) is 6.54 Å². The van der Waals surface area contributed by atoms with Crippen LogP contribution in [0.5, 0.6) is 0 Å². The highest BCUT2D eigenvalue weighted by Crippen LogP contribution is 2.23. The van der Waals surface area contributed by atoms with Gasteiger partial charge in [0.1, 0.15) is 18.2 Å². The Morgan fingerprint density at radius 2 is 1.79 bits per heavy atom. The third-order valence-electron chi connectivity index (χ3n) is 7.16. The smallest absolute Gasteiger partial charge is 0.303 e. The molecule has 0 spiro atoms. The van der Waals surface area contributed by atoms with Crippen molar-refractivity contribution >= 4 is 34.5 Å². The number of nitrogens with one attached hydrogen (secondary N) is 2. The summed E-state index contributed by atoms with van der Waals surface area (Å²) in [6.45, 7) is 5.86. The summed E-state index contributed by atoms with van der Waals surface area (Å²) in [6, 6.07) is 12.4. The number of carbonyl (C=O) groups excluding carboxylic acids is 4. The van der Waals surface area contributed by atoms with Gasteiger partial charge in [-0.3, -0.25) is 19.2 Å². The molecule has 1 saturated heterocycles. The first-order valence-corrected chi connectivity index (χ1v) is 13.5. The monoisotopic (exact) mass is 524 g/mol. The summed E-state index contributed by atoms with van der Waals surface area (Å²) in [6.07, 6.45) is 2.33. The first-order chi connectivity index (χ1) is 18.3. The molecule has 0 aliphatic carbocycles. The molecule has 2 aromatic carbocycles. The molecule has 9 heteroatoms. The van der Waals surface area contributed by atoms with Gasteiger partial charge in [-0.15, -0.1) is 0 Å². The van der Waals surface area contributed by atoms with Crippen LogP contribution < -0.4 is 16.4 Å². The number of amides is 3. The molecule has 9 nitrogen and oxygen atoms in total. The normalized spacial score (nSPS) is 16.8. The topological polar surface area (TPSA) is 131 Å². The Balaban J connectivity index is 1.78. The van der Waals surface area contributed by atoms with Crippen molar-refractivity contribution in [3.05, 3.63) is 48.0 Å². The van der Waals surface area contributed by atoms with E-state index in [0.29, 0.717) is 13.0 Å². The third-order valence-corrected chi connectivity index (χ3v) is 7.16. The number of hydrogen-bond acceptors (Lipinski definition) is 6. The van der Waals surface area contributed by atoms with Crippen LogP contribution in [0.2, 0.25) is 0 Å².